The molecule has 0 aliphatic carbocycles. The van der Waals surface area contributed by atoms with Crippen LogP contribution in [-0.2, 0) is 75.2 Å². The van der Waals surface area contributed by atoms with Crippen LogP contribution in [0.3, 0.4) is 0 Å². The molecule has 23 heteroatoms. The monoisotopic (exact) mass is 1330 g/mol. The fourth-order valence-corrected chi connectivity index (χ4v) is 17.7. The maximum Gasteiger partial charge on any atom is 0.277 e. The van der Waals surface area contributed by atoms with Gasteiger partial charge in [0.15, 0.2) is 17.3 Å². The van der Waals surface area contributed by atoms with Crippen molar-refractivity contribution in [1.82, 2.24) is 4.90 Å². The number of imide groups is 1. The van der Waals surface area contributed by atoms with Crippen LogP contribution in [0.1, 0.15) is 93.6 Å². The number of methoxy groups -OCH3 is 2. The van der Waals surface area contributed by atoms with Crippen LogP contribution in [-0.4, -0.2) is 183 Å². The largest absolute Gasteiger partial charge is 0.493 e. The molecule has 0 saturated carbocycles. The van der Waals surface area contributed by atoms with Gasteiger partial charge >= 0.3 is 0 Å². The van der Waals surface area contributed by atoms with Crippen molar-refractivity contribution in [2.45, 2.75) is 106 Å². The van der Waals surface area contributed by atoms with Crippen molar-refractivity contribution in [3.63, 3.8) is 0 Å². The first-order valence-electron chi connectivity index (χ1n) is 31.5. The number of benzene rings is 5. The van der Waals surface area contributed by atoms with Crippen LogP contribution in [0.2, 0.25) is 0 Å². The topological polar surface area (TPSA) is 194 Å². The van der Waals surface area contributed by atoms with E-state index in [0.29, 0.717) is 100 Å². The van der Waals surface area contributed by atoms with Crippen molar-refractivity contribution in [1.29, 1.82) is 0 Å². The molecule has 92 heavy (non-hydrogen) atoms. The number of likely N-dealkylation sites (tertiary alicyclic amines) is 1. The number of Topliss-reactive ketones (excluding diaryl/α,β-unsaturated/α-hetero) is 1. The van der Waals surface area contributed by atoms with Crippen LogP contribution >= 0.6 is 33.3 Å². The van der Waals surface area contributed by atoms with E-state index in [1.54, 1.807) is 37.3 Å². The fourth-order valence-electron chi connectivity index (χ4n) is 13.3. The maximum absolute atomic E-state index is 14.5. The molecule has 5 aliphatic heterocycles. The molecular formula is C69H86N6O13S4. The predicted octanol–water partition coefficient (Wildman–Crippen LogP) is 9.63. The zero-order valence-corrected chi connectivity index (χ0v) is 57.5. The maximum atomic E-state index is 14.5. The molecule has 5 aliphatic rings. The van der Waals surface area contributed by atoms with E-state index in [-0.39, 0.29) is 74.5 Å². The molecule has 5 aromatic carbocycles. The first-order chi connectivity index (χ1) is 44.2. The Balaban J connectivity index is 0.910. The molecule has 5 aromatic rings. The summed E-state index contributed by atoms with van der Waals surface area (Å²) in [5.74, 6) is 0.0969. The number of nitrogens with zero attached hydrogens (tertiary/aromatic N) is 6. The zero-order chi connectivity index (χ0) is 65.4. The third-order valence-electron chi connectivity index (χ3n) is 17.9. The highest BCUT2D eigenvalue weighted by Gasteiger charge is 2.42. The SMILES string of the molecule is COCCOCCOCCN(CC(C)(C)SSCCC(C(=O)CCCN1C(=O)CC(SC)C1=O)S(=O)(=O)OC)c1cc(CCc2cc3c(cc2C)C(=O)N2c4ccccc4C[C@H]2CN3C)cc(COc2cc3c(cc2OC)C(=O)N2c4ccccc4C[C@H]2CN3C)c1. The Morgan fingerprint density at radius 3 is 1.98 bits per heavy atom. The lowest BCUT2D eigenvalue weighted by atomic mass is 9.95. The molecule has 0 bridgehead atoms. The highest BCUT2D eigenvalue weighted by molar-refractivity contribution is 8.77. The number of aryl methyl sites for hydroxylation is 3. The van der Waals surface area contributed by atoms with Crippen molar-refractivity contribution in [3.05, 3.63) is 136 Å². The molecular weight excluding hydrogens is 1250 g/mol. The summed E-state index contributed by atoms with van der Waals surface area (Å²) in [7, 11) is 7.19. The van der Waals surface area contributed by atoms with E-state index >= 15 is 0 Å². The average Bonchev–Trinajstić information content (AvgIpc) is 1.60. The normalized spacial score (nSPS) is 18.1. The number of ketones is 1. The van der Waals surface area contributed by atoms with Gasteiger partial charge in [0.2, 0.25) is 11.8 Å². The molecule has 0 radical (unpaired) electrons. The van der Waals surface area contributed by atoms with Crippen LogP contribution in [0.25, 0.3) is 0 Å². The molecule has 4 atom stereocenters. The van der Waals surface area contributed by atoms with Crippen LogP contribution < -0.4 is 34.0 Å². The molecule has 19 nitrogen and oxygen atoms in total. The van der Waals surface area contributed by atoms with E-state index < -0.39 is 31.1 Å². The molecule has 4 amide bonds. The van der Waals surface area contributed by atoms with Crippen LogP contribution in [0.5, 0.6) is 11.5 Å². The standard InChI is InChI=1S/C69H86N6O13S4/c1-45-31-54-58(70(4)41-52-35-49-15-10-12-17-56(49)74(52)66(54)78)37-48(45)21-20-46-32-47(43-88-62-39-59-55(38-61(62)84-7)67(79)75-53(42-71(59)5)36-50-16-11-13-18-57(50)75)34-51(33-46)72(24-25-86-28-29-87-27-26-83-6)44-69(2,3)91-90-30-22-64(92(81,82)85-8)60(76)19-14-23-73-65(77)40-63(89-9)68(73)80/h10-13,15-18,31-34,37-39,52-53,63-64H,14,19-30,35-36,40-44H2,1-9H3/t52-,53-,63?,64?/m0/s1. The second-order valence-electron chi connectivity index (χ2n) is 24.8. The number of carbonyl (C=O) groups is 5. The molecule has 0 spiro atoms. The number of carbonyl (C=O) groups excluding carboxylic acids is 5. The van der Waals surface area contributed by atoms with E-state index in [1.807, 2.05) is 59.3 Å². The number of hydrogen-bond donors (Lipinski definition) is 0. The number of hydrogen-bond acceptors (Lipinski definition) is 19. The number of fused-ring (bicyclic) bond motifs is 8. The summed E-state index contributed by atoms with van der Waals surface area (Å²) in [6.45, 7) is 11.0. The van der Waals surface area contributed by atoms with Gasteiger partial charge in [-0.15, -0.1) is 0 Å². The Morgan fingerprint density at radius 1 is 0.728 bits per heavy atom. The van der Waals surface area contributed by atoms with Crippen molar-refractivity contribution >= 4 is 101 Å². The van der Waals surface area contributed by atoms with Gasteiger partial charge in [-0.3, -0.25) is 33.1 Å². The Bertz CT molecular complexity index is 3650. The zero-order valence-electron chi connectivity index (χ0n) is 54.2. The minimum atomic E-state index is -4.25. The first kappa shape index (κ1) is 68.5. The van der Waals surface area contributed by atoms with Gasteiger partial charge in [-0.05, 0) is 141 Å². The van der Waals surface area contributed by atoms with Gasteiger partial charge in [0.1, 0.15) is 11.9 Å². The smallest absolute Gasteiger partial charge is 0.277 e. The fraction of sp³-hybridized carbons (Fsp3) is 0.493. The third kappa shape index (κ3) is 15.6. The van der Waals surface area contributed by atoms with E-state index in [1.165, 1.54) is 33.0 Å². The third-order valence-corrected chi connectivity index (χ3v) is 23.8. The number of thioether (sulfide) groups is 1. The lowest BCUT2D eigenvalue weighted by Crippen LogP contribution is -2.41. The van der Waals surface area contributed by atoms with E-state index in [4.69, 9.17) is 27.9 Å². The minimum Gasteiger partial charge on any atom is -0.493 e. The van der Waals surface area contributed by atoms with Gasteiger partial charge in [-0.1, -0.05) is 64.1 Å². The number of likely N-dealkylation sites (N-methyl/N-ethyl adjacent to an activating group) is 2. The van der Waals surface area contributed by atoms with E-state index in [9.17, 15) is 32.4 Å². The summed E-state index contributed by atoms with van der Waals surface area (Å²) in [5.41, 5.74) is 12.2. The lowest BCUT2D eigenvalue weighted by Gasteiger charge is -2.34. The van der Waals surface area contributed by atoms with Gasteiger partial charge in [0.05, 0.1) is 81.4 Å². The van der Waals surface area contributed by atoms with Gasteiger partial charge < -0.3 is 48.2 Å². The van der Waals surface area contributed by atoms with Gasteiger partial charge in [-0.2, -0.15) is 20.2 Å². The van der Waals surface area contributed by atoms with Crippen molar-refractivity contribution in [2.24, 2.45) is 0 Å². The summed E-state index contributed by atoms with van der Waals surface area (Å²) >= 11 is 1.31. The Hall–Kier alpha value is -6.31. The molecule has 0 aromatic heterocycles. The van der Waals surface area contributed by atoms with Gasteiger partial charge in [0, 0.05) is 106 Å². The number of amides is 4. The summed E-state index contributed by atoms with van der Waals surface area (Å²) < 4.78 is 61.0. The van der Waals surface area contributed by atoms with Crippen molar-refractivity contribution in [2.75, 3.05) is 138 Å². The summed E-state index contributed by atoms with van der Waals surface area (Å²) in [6, 6.07) is 30.8. The average molecular weight is 1340 g/mol. The molecule has 1 fully saturated rings. The highest BCUT2D eigenvalue weighted by atomic mass is 33.1. The number of rotatable bonds is 32. The summed E-state index contributed by atoms with van der Waals surface area (Å²) in [5, 5.41) is -1.86. The summed E-state index contributed by atoms with van der Waals surface area (Å²) in [6.07, 6.45) is 4.83. The van der Waals surface area contributed by atoms with E-state index in [2.05, 4.69) is 85.0 Å². The Labute approximate surface area is 554 Å². The molecule has 5 heterocycles. The lowest BCUT2D eigenvalue weighted by molar-refractivity contribution is -0.138. The molecule has 0 N–H and O–H groups in total. The van der Waals surface area contributed by atoms with Crippen LogP contribution in [0, 0.1) is 6.92 Å². The van der Waals surface area contributed by atoms with Gasteiger partial charge in [0.25, 0.3) is 21.9 Å². The van der Waals surface area contributed by atoms with Crippen LogP contribution in [0.15, 0.2) is 91.0 Å². The Morgan fingerprint density at radius 2 is 1.35 bits per heavy atom. The summed E-state index contributed by atoms with van der Waals surface area (Å²) in [4.78, 5) is 79.8. The number of anilines is 5. The Kier molecular flexibility index (Phi) is 22.6. The minimum absolute atomic E-state index is 0.00710. The van der Waals surface area contributed by atoms with E-state index in [0.717, 1.165) is 76.2 Å². The molecule has 10 rings (SSSR count). The highest BCUT2D eigenvalue weighted by Crippen LogP contribution is 2.44. The quantitative estimate of drug-likeness (QED) is 0.0171. The van der Waals surface area contributed by atoms with Crippen molar-refractivity contribution in [3.8, 4) is 11.5 Å². The molecule has 2 unspecified atom stereocenters. The number of ether oxygens (including phenoxy) is 5. The molecule has 1 saturated heterocycles. The predicted molar refractivity (Wildman–Crippen MR) is 367 cm³/mol. The van der Waals surface area contributed by atoms with Crippen molar-refractivity contribution < 1.29 is 60.3 Å². The second kappa shape index (κ2) is 30.4. The van der Waals surface area contributed by atoms with Gasteiger partial charge in [-0.25, -0.2) is 0 Å². The second-order valence-corrected chi connectivity index (χ2v) is 30.9. The molecule has 494 valence electrons. The number of para-hydroxylation sites is 2. The van der Waals surface area contributed by atoms with Crippen LogP contribution in [0.4, 0.5) is 28.4 Å². The first-order valence-corrected chi connectivity index (χ1v) is 36.6.